The van der Waals surface area contributed by atoms with Crippen molar-refractivity contribution in [2.75, 3.05) is 39.0 Å². The molecule has 0 bridgehead atoms. The second-order valence-corrected chi connectivity index (χ2v) is 8.80. The zero-order chi connectivity index (χ0) is 19.4. The van der Waals surface area contributed by atoms with E-state index < -0.39 is 10.0 Å². The number of carbonyl (C=O) groups is 1. The molecule has 3 rings (SSSR count). The summed E-state index contributed by atoms with van der Waals surface area (Å²) in [6, 6.07) is 13.9. The van der Waals surface area contributed by atoms with Crippen molar-refractivity contribution < 1.29 is 13.2 Å². The average Bonchev–Trinajstić information content (AvgIpc) is 2.67. The minimum absolute atomic E-state index is 0.0118. The Kier molecular flexibility index (Phi) is 5.94. The molecular weight excluding hydrogens is 362 g/mol. The van der Waals surface area contributed by atoms with Crippen molar-refractivity contribution in [1.29, 1.82) is 0 Å². The Balaban J connectivity index is 1.63. The Labute approximate surface area is 160 Å². The molecule has 27 heavy (non-hydrogen) atoms. The van der Waals surface area contributed by atoms with Crippen LogP contribution in [0.25, 0.3) is 0 Å². The van der Waals surface area contributed by atoms with E-state index in [1.54, 1.807) is 48.5 Å². The summed E-state index contributed by atoms with van der Waals surface area (Å²) in [4.78, 5) is 14.7. The molecule has 0 aliphatic carbocycles. The molecule has 6 nitrogen and oxygen atoms in total. The van der Waals surface area contributed by atoms with Crippen molar-refractivity contribution in [3.8, 4) is 0 Å². The van der Waals surface area contributed by atoms with Crippen molar-refractivity contribution in [2.24, 2.45) is 0 Å². The monoisotopic (exact) mass is 387 g/mol. The van der Waals surface area contributed by atoms with Crippen LogP contribution in [0.15, 0.2) is 53.4 Å². The fourth-order valence-corrected chi connectivity index (χ4v) is 4.57. The van der Waals surface area contributed by atoms with Gasteiger partial charge in [0.25, 0.3) is 0 Å². The number of para-hydroxylation sites is 1. The van der Waals surface area contributed by atoms with Gasteiger partial charge in [0, 0.05) is 43.9 Å². The highest BCUT2D eigenvalue weighted by atomic mass is 32.2. The van der Waals surface area contributed by atoms with Gasteiger partial charge in [-0.05, 0) is 43.3 Å². The quantitative estimate of drug-likeness (QED) is 0.606. The number of anilines is 1. The van der Waals surface area contributed by atoms with Crippen LogP contribution in [0, 0.1) is 0 Å². The highest BCUT2D eigenvalue weighted by molar-refractivity contribution is 7.89. The van der Waals surface area contributed by atoms with Crippen LogP contribution in [0.4, 0.5) is 5.69 Å². The van der Waals surface area contributed by atoms with Gasteiger partial charge in [0.05, 0.1) is 4.90 Å². The minimum atomic E-state index is -3.46. The summed E-state index contributed by atoms with van der Waals surface area (Å²) in [6.45, 7) is 2.49. The SMILES string of the molecule is CN1CCN(S(=O)(=O)c2ccc(CCC(=O)c3ccccc3N)cc2)CC1. The number of Topliss-reactive ketones (excluding diaryl/α,β-unsaturated/α-hetero) is 1. The maximum atomic E-state index is 12.7. The van der Waals surface area contributed by atoms with E-state index in [-0.39, 0.29) is 5.78 Å². The Bertz CT molecular complexity index is 902. The van der Waals surface area contributed by atoms with E-state index in [2.05, 4.69) is 4.90 Å². The van der Waals surface area contributed by atoms with Crippen LogP contribution in [-0.2, 0) is 16.4 Å². The summed E-state index contributed by atoms with van der Waals surface area (Å²) >= 11 is 0. The lowest BCUT2D eigenvalue weighted by atomic mass is 10.0. The second-order valence-electron chi connectivity index (χ2n) is 6.86. The van der Waals surface area contributed by atoms with E-state index >= 15 is 0 Å². The van der Waals surface area contributed by atoms with Gasteiger partial charge in [-0.2, -0.15) is 4.31 Å². The molecule has 0 saturated carbocycles. The second kappa shape index (κ2) is 8.21. The van der Waals surface area contributed by atoms with Gasteiger partial charge in [-0.3, -0.25) is 4.79 Å². The van der Waals surface area contributed by atoms with E-state index in [1.165, 1.54) is 4.31 Å². The molecule has 0 unspecified atom stereocenters. The molecular formula is C20H25N3O3S. The summed E-state index contributed by atoms with van der Waals surface area (Å²) in [5.41, 5.74) is 7.79. The molecule has 1 aliphatic heterocycles. The van der Waals surface area contributed by atoms with Crippen molar-refractivity contribution in [3.05, 3.63) is 59.7 Å². The van der Waals surface area contributed by atoms with E-state index in [1.807, 2.05) is 7.05 Å². The highest BCUT2D eigenvalue weighted by Gasteiger charge is 2.27. The first-order valence-electron chi connectivity index (χ1n) is 9.03. The molecule has 2 aromatic carbocycles. The van der Waals surface area contributed by atoms with Gasteiger partial charge in [0.1, 0.15) is 0 Å². The van der Waals surface area contributed by atoms with E-state index in [0.29, 0.717) is 42.1 Å². The number of nitrogens with zero attached hydrogens (tertiary/aromatic N) is 2. The number of nitrogens with two attached hydrogens (primary N) is 1. The van der Waals surface area contributed by atoms with Gasteiger partial charge in [-0.15, -0.1) is 0 Å². The largest absolute Gasteiger partial charge is 0.398 e. The third-order valence-electron chi connectivity index (χ3n) is 4.93. The predicted octanol–water partition coefficient (Wildman–Crippen LogP) is 2.02. The maximum Gasteiger partial charge on any atom is 0.243 e. The van der Waals surface area contributed by atoms with Crippen molar-refractivity contribution in [2.45, 2.75) is 17.7 Å². The molecule has 0 aromatic heterocycles. The first kappa shape index (κ1) is 19.5. The van der Waals surface area contributed by atoms with Crippen molar-refractivity contribution >= 4 is 21.5 Å². The zero-order valence-corrected chi connectivity index (χ0v) is 16.3. The number of ketones is 1. The van der Waals surface area contributed by atoms with E-state index in [4.69, 9.17) is 5.73 Å². The topological polar surface area (TPSA) is 83.7 Å². The molecule has 144 valence electrons. The fourth-order valence-electron chi connectivity index (χ4n) is 3.15. The van der Waals surface area contributed by atoms with Gasteiger partial charge >= 0.3 is 0 Å². The molecule has 2 N–H and O–H groups in total. The smallest absolute Gasteiger partial charge is 0.243 e. The van der Waals surface area contributed by atoms with Gasteiger partial charge < -0.3 is 10.6 Å². The third kappa shape index (κ3) is 4.55. The molecule has 1 heterocycles. The number of hydrogen-bond donors (Lipinski definition) is 1. The van der Waals surface area contributed by atoms with Gasteiger partial charge in [0.2, 0.25) is 10.0 Å². The predicted molar refractivity (Wildman–Crippen MR) is 106 cm³/mol. The molecule has 0 amide bonds. The van der Waals surface area contributed by atoms with Gasteiger partial charge in [-0.1, -0.05) is 24.3 Å². The molecule has 1 fully saturated rings. The summed E-state index contributed by atoms with van der Waals surface area (Å²) in [6.07, 6.45) is 0.876. The standard InChI is InChI=1S/C20H25N3O3S/c1-22-12-14-23(15-13-22)27(25,26)17-9-6-16(7-10-17)8-11-20(24)18-4-2-3-5-19(18)21/h2-7,9-10H,8,11-15,21H2,1H3. The molecule has 1 aliphatic rings. The van der Waals surface area contributed by atoms with Crippen molar-refractivity contribution in [3.63, 3.8) is 0 Å². The number of sulfonamides is 1. The summed E-state index contributed by atoms with van der Waals surface area (Å²) in [5.74, 6) is -0.0118. The number of rotatable bonds is 6. The van der Waals surface area contributed by atoms with Crippen LogP contribution in [0.2, 0.25) is 0 Å². The van der Waals surface area contributed by atoms with Crippen LogP contribution in [0.3, 0.4) is 0 Å². The minimum Gasteiger partial charge on any atom is -0.398 e. The Morgan fingerprint density at radius 1 is 1.00 bits per heavy atom. The fraction of sp³-hybridized carbons (Fsp3) is 0.350. The number of hydrogen-bond acceptors (Lipinski definition) is 5. The molecule has 7 heteroatoms. The number of carbonyl (C=O) groups excluding carboxylic acids is 1. The first-order valence-corrected chi connectivity index (χ1v) is 10.5. The average molecular weight is 388 g/mol. The maximum absolute atomic E-state index is 12.7. The summed E-state index contributed by atoms with van der Waals surface area (Å²) < 4.78 is 27.0. The summed E-state index contributed by atoms with van der Waals surface area (Å²) in [5, 5.41) is 0. The van der Waals surface area contributed by atoms with Crippen LogP contribution < -0.4 is 5.73 Å². The Morgan fingerprint density at radius 3 is 2.26 bits per heavy atom. The summed E-state index contributed by atoms with van der Waals surface area (Å²) in [7, 11) is -1.47. The first-order chi connectivity index (χ1) is 12.9. The van der Waals surface area contributed by atoms with E-state index in [0.717, 1.165) is 18.7 Å². The van der Waals surface area contributed by atoms with Crippen LogP contribution in [0.1, 0.15) is 22.3 Å². The Hall–Kier alpha value is -2.22. The van der Waals surface area contributed by atoms with Crippen LogP contribution >= 0.6 is 0 Å². The van der Waals surface area contributed by atoms with Crippen LogP contribution in [-0.4, -0.2) is 56.6 Å². The third-order valence-corrected chi connectivity index (χ3v) is 6.84. The Morgan fingerprint density at radius 2 is 1.63 bits per heavy atom. The lowest BCUT2D eigenvalue weighted by molar-refractivity contribution is 0.0983. The van der Waals surface area contributed by atoms with Crippen LogP contribution in [0.5, 0.6) is 0 Å². The highest BCUT2D eigenvalue weighted by Crippen LogP contribution is 2.19. The van der Waals surface area contributed by atoms with Crippen molar-refractivity contribution in [1.82, 2.24) is 9.21 Å². The number of nitrogen functional groups attached to an aromatic ring is 1. The molecule has 0 spiro atoms. The van der Waals surface area contributed by atoms with E-state index in [9.17, 15) is 13.2 Å². The number of benzene rings is 2. The van der Waals surface area contributed by atoms with Gasteiger partial charge in [-0.25, -0.2) is 8.42 Å². The number of likely N-dealkylation sites (N-methyl/N-ethyl adjacent to an activating group) is 1. The normalized spacial score (nSPS) is 16.3. The molecule has 1 saturated heterocycles. The lowest BCUT2D eigenvalue weighted by Crippen LogP contribution is -2.46. The van der Waals surface area contributed by atoms with Gasteiger partial charge in [0.15, 0.2) is 5.78 Å². The zero-order valence-electron chi connectivity index (χ0n) is 15.5. The number of aryl methyl sites for hydroxylation is 1. The lowest BCUT2D eigenvalue weighted by Gasteiger charge is -2.31. The molecule has 0 atom stereocenters. The molecule has 2 aromatic rings. The number of piperazine rings is 1. The molecule has 0 radical (unpaired) electrons.